The molecular weight excluding hydrogens is 402 g/mol. The maximum Gasteiger partial charge on any atom is 0.332 e. The van der Waals surface area contributed by atoms with E-state index in [-0.39, 0.29) is 23.2 Å². The average molecular weight is 438 g/mol. The molecule has 32 heavy (non-hydrogen) atoms. The Morgan fingerprint density at radius 2 is 2.06 bits per heavy atom. The lowest BCUT2D eigenvalue weighted by molar-refractivity contribution is -0.137. The third-order valence-electron chi connectivity index (χ3n) is 7.79. The molecule has 3 aliphatic rings. The molecule has 1 aromatic rings. The van der Waals surface area contributed by atoms with Crippen molar-refractivity contribution in [3.05, 3.63) is 52.7 Å². The van der Waals surface area contributed by atoms with Gasteiger partial charge in [-0.05, 0) is 46.6 Å². The first kappa shape index (κ1) is 22.6. The van der Waals surface area contributed by atoms with Crippen LogP contribution in [0.2, 0.25) is 0 Å². The second-order valence-electron chi connectivity index (χ2n) is 9.83. The number of hydrogen-bond acceptors (Lipinski definition) is 5. The molecule has 1 saturated heterocycles. The van der Waals surface area contributed by atoms with Crippen LogP contribution in [0.3, 0.4) is 0 Å². The molecule has 1 heterocycles. The molecular formula is C27H35NO4. The van der Waals surface area contributed by atoms with Gasteiger partial charge in [-0.2, -0.15) is 0 Å². The van der Waals surface area contributed by atoms with Crippen molar-refractivity contribution in [1.29, 1.82) is 0 Å². The highest BCUT2D eigenvalue weighted by Crippen LogP contribution is 2.59. The molecule has 0 aromatic heterocycles. The van der Waals surface area contributed by atoms with Crippen LogP contribution in [0, 0.1) is 18.3 Å². The molecule has 172 valence electrons. The molecule has 5 nitrogen and oxygen atoms in total. The van der Waals surface area contributed by atoms with Crippen molar-refractivity contribution < 1.29 is 19.1 Å². The Labute approximate surface area is 191 Å². The molecule has 2 aliphatic carbocycles. The standard InChI is InChI=1S/C27H35NO4/c1-6-32-25(30)15-23-27(22-9-7-8-12-26(22,4)28-23)16-18(3)19(14-24(27)29)20-13-17(2)10-11-21(20)31-5/h10-11,13,15-16,19,22,28H,6-9,12,14H2,1-5H3/b23-15-/t19-,22+,26-,27-/m1/s1. The summed E-state index contributed by atoms with van der Waals surface area (Å²) in [5.74, 6) is 0.703. The summed E-state index contributed by atoms with van der Waals surface area (Å²) in [6.07, 6.45) is 8.28. The van der Waals surface area contributed by atoms with E-state index in [1.165, 1.54) is 6.08 Å². The van der Waals surface area contributed by atoms with E-state index in [1.54, 1.807) is 14.0 Å². The number of fused-ring (bicyclic) bond motifs is 2. The predicted octanol–water partition coefficient (Wildman–Crippen LogP) is 4.99. The second-order valence-corrected chi connectivity index (χ2v) is 9.83. The highest BCUT2D eigenvalue weighted by Gasteiger charge is 2.62. The number of hydrogen-bond donors (Lipinski definition) is 1. The number of ether oxygens (including phenoxy) is 2. The molecule has 0 amide bonds. The van der Waals surface area contributed by atoms with E-state index >= 15 is 0 Å². The Bertz CT molecular complexity index is 993. The summed E-state index contributed by atoms with van der Waals surface area (Å²) in [4.78, 5) is 26.5. The summed E-state index contributed by atoms with van der Waals surface area (Å²) in [6, 6.07) is 6.13. The minimum absolute atomic E-state index is 0.0257. The van der Waals surface area contributed by atoms with Crippen molar-refractivity contribution in [2.45, 2.75) is 71.3 Å². The molecule has 0 bridgehead atoms. The van der Waals surface area contributed by atoms with Gasteiger partial charge in [-0.1, -0.05) is 42.2 Å². The Balaban J connectivity index is 1.84. The van der Waals surface area contributed by atoms with Crippen LogP contribution in [-0.2, 0) is 14.3 Å². The summed E-state index contributed by atoms with van der Waals surface area (Å²) >= 11 is 0. The SMILES string of the molecule is CCOC(=O)/C=C1\N[C@]2(C)CCCC[C@@H]2[C@]12C=C(C)[C@H](c1cc(C)ccc1OC)CC2=O. The fourth-order valence-corrected chi connectivity index (χ4v) is 6.33. The molecule has 0 unspecified atom stereocenters. The molecule has 1 aromatic carbocycles. The van der Waals surface area contributed by atoms with Crippen LogP contribution in [0.4, 0.5) is 0 Å². The van der Waals surface area contributed by atoms with Gasteiger partial charge in [0.05, 0.1) is 19.1 Å². The summed E-state index contributed by atoms with van der Waals surface area (Å²) in [5.41, 5.74) is 3.07. The largest absolute Gasteiger partial charge is 0.496 e. The van der Waals surface area contributed by atoms with Gasteiger partial charge in [0.2, 0.25) is 0 Å². The molecule has 4 atom stereocenters. The topological polar surface area (TPSA) is 64.6 Å². The fraction of sp³-hybridized carbons (Fsp3) is 0.556. The van der Waals surface area contributed by atoms with E-state index in [1.807, 2.05) is 12.1 Å². The van der Waals surface area contributed by atoms with Crippen LogP contribution in [0.25, 0.3) is 0 Å². The van der Waals surface area contributed by atoms with Crippen LogP contribution < -0.4 is 10.1 Å². The zero-order valence-electron chi connectivity index (χ0n) is 19.9. The third-order valence-corrected chi connectivity index (χ3v) is 7.79. The maximum absolute atomic E-state index is 14.1. The van der Waals surface area contributed by atoms with Crippen molar-refractivity contribution in [3.63, 3.8) is 0 Å². The van der Waals surface area contributed by atoms with Gasteiger partial charge in [0, 0.05) is 41.1 Å². The fourth-order valence-electron chi connectivity index (χ4n) is 6.33. The quantitative estimate of drug-likeness (QED) is 0.408. The van der Waals surface area contributed by atoms with Gasteiger partial charge >= 0.3 is 5.97 Å². The number of aryl methyl sites for hydroxylation is 1. The number of nitrogens with one attached hydrogen (secondary N) is 1. The van der Waals surface area contributed by atoms with Gasteiger partial charge in [0.1, 0.15) is 11.5 Å². The molecule has 4 rings (SSSR count). The number of Topliss-reactive ketones (excluding diaryl/α,β-unsaturated/α-hetero) is 1. The van der Waals surface area contributed by atoms with Gasteiger partial charge in [0.15, 0.2) is 0 Å². The lowest BCUT2D eigenvalue weighted by Gasteiger charge is -2.43. The number of carbonyl (C=O) groups is 2. The highest BCUT2D eigenvalue weighted by atomic mass is 16.5. The Morgan fingerprint density at radius 1 is 1.28 bits per heavy atom. The molecule has 1 spiro atoms. The molecule has 5 heteroatoms. The first-order valence-electron chi connectivity index (χ1n) is 11.8. The van der Waals surface area contributed by atoms with Gasteiger partial charge in [-0.3, -0.25) is 4.79 Å². The lowest BCUT2D eigenvalue weighted by Crippen LogP contribution is -2.48. The third kappa shape index (κ3) is 3.56. The zero-order valence-corrected chi connectivity index (χ0v) is 19.9. The van der Waals surface area contributed by atoms with Crippen molar-refractivity contribution in [3.8, 4) is 5.75 Å². The lowest BCUT2D eigenvalue weighted by atomic mass is 9.57. The summed E-state index contributed by atoms with van der Waals surface area (Å²) in [6.45, 7) is 8.49. The van der Waals surface area contributed by atoms with Gasteiger partial charge in [-0.15, -0.1) is 0 Å². The average Bonchev–Trinajstić information content (AvgIpc) is 2.99. The highest BCUT2D eigenvalue weighted by molar-refractivity contribution is 5.96. The van der Waals surface area contributed by atoms with Crippen LogP contribution in [-0.4, -0.2) is 31.0 Å². The van der Waals surface area contributed by atoms with Crippen LogP contribution in [0.15, 0.2) is 41.6 Å². The van der Waals surface area contributed by atoms with Gasteiger partial charge < -0.3 is 14.8 Å². The van der Waals surface area contributed by atoms with E-state index in [4.69, 9.17) is 9.47 Å². The summed E-state index contributed by atoms with van der Waals surface area (Å²) in [7, 11) is 1.67. The molecule has 1 aliphatic heterocycles. The number of rotatable bonds is 4. The van der Waals surface area contributed by atoms with E-state index in [0.29, 0.717) is 18.7 Å². The zero-order chi connectivity index (χ0) is 23.1. The van der Waals surface area contributed by atoms with Crippen molar-refractivity contribution in [1.82, 2.24) is 5.32 Å². The first-order valence-corrected chi connectivity index (χ1v) is 11.8. The summed E-state index contributed by atoms with van der Waals surface area (Å²) in [5, 5.41) is 3.63. The number of esters is 1. The molecule has 0 radical (unpaired) electrons. The van der Waals surface area contributed by atoms with E-state index in [2.05, 4.69) is 38.2 Å². The Hall–Kier alpha value is -2.56. The Morgan fingerprint density at radius 3 is 2.78 bits per heavy atom. The molecule has 2 fully saturated rings. The minimum Gasteiger partial charge on any atom is -0.496 e. The number of benzene rings is 1. The van der Waals surface area contributed by atoms with Gasteiger partial charge in [0.25, 0.3) is 0 Å². The maximum atomic E-state index is 14.1. The monoisotopic (exact) mass is 437 g/mol. The van der Waals surface area contributed by atoms with Crippen LogP contribution >= 0.6 is 0 Å². The molecule has 1 saturated carbocycles. The summed E-state index contributed by atoms with van der Waals surface area (Å²) < 4.78 is 10.8. The number of methoxy groups -OCH3 is 1. The molecule has 1 N–H and O–H groups in total. The van der Waals surface area contributed by atoms with E-state index < -0.39 is 11.4 Å². The number of ketones is 1. The normalized spacial score (nSPS) is 33.0. The first-order chi connectivity index (χ1) is 15.2. The van der Waals surface area contributed by atoms with E-state index in [0.717, 1.165) is 48.1 Å². The number of carbonyl (C=O) groups excluding carboxylic acids is 2. The van der Waals surface area contributed by atoms with Crippen LogP contribution in [0.5, 0.6) is 5.75 Å². The Kier molecular flexibility index (Phi) is 5.95. The van der Waals surface area contributed by atoms with Crippen LogP contribution in [0.1, 0.15) is 69.9 Å². The predicted molar refractivity (Wildman–Crippen MR) is 125 cm³/mol. The number of allylic oxidation sites excluding steroid dienone is 2. The van der Waals surface area contributed by atoms with Crippen molar-refractivity contribution >= 4 is 11.8 Å². The minimum atomic E-state index is -0.792. The smallest absolute Gasteiger partial charge is 0.332 e. The van der Waals surface area contributed by atoms with Gasteiger partial charge in [-0.25, -0.2) is 4.79 Å². The van der Waals surface area contributed by atoms with Crippen molar-refractivity contribution in [2.75, 3.05) is 13.7 Å². The second kappa shape index (κ2) is 8.42. The van der Waals surface area contributed by atoms with E-state index in [9.17, 15) is 9.59 Å². The van der Waals surface area contributed by atoms with Crippen molar-refractivity contribution in [2.24, 2.45) is 11.3 Å².